The number of nitrogens with one attached hydrogen (secondary N) is 4. The Bertz CT molecular complexity index is 1090. The average Bonchev–Trinajstić information content (AvgIpc) is 2.77. The van der Waals surface area contributed by atoms with E-state index >= 15 is 0 Å². The Balaban J connectivity index is 1.48. The Hall–Kier alpha value is -3.74. The fourth-order valence-corrected chi connectivity index (χ4v) is 4.16. The summed E-state index contributed by atoms with van der Waals surface area (Å²) >= 11 is 1.57. The van der Waals surface area contributed by atoms with E-state index in [0.717, 1.165) is 17.1 Å². The molecule has 0 bridgehead atoms. The molecule has 0 spiro atoms. The Morgan fingerprint density at radius 2 is 1.97 bits per heavy atom. The van der Waals surface area contributed by atoms with Crippen molar-refractivity contribution in [1.29, 1.82) is 0 Å². The van der Waals surface area contributed by atoms with Crippen LogP contribution in [0.4, 0.5) is 17.5 Å². The van der Waals surface area contributed by atoms with Gasteiger partial charge in [-0.3, -0.25) is 19.4 Å². The minimum Gasteiger partial charge on any atom is -0.481 e. The van der Waals surface area contributed by atoms with Crippen LogP contribution in [0.25, 0.3) is 0 Å². The van der Waals surface area contributed by atoms with Gasteiger partial charge < -0.3 is 31.9 Å². The van der Waals surface area contributed by atoms with Crippen molar-refractivity contribution in [3.05, 3.63) is 40.2 Å². The quantitative estimate of drug-likeness (QED) is 0.239. The minimum atomic E-state index is -1.29. The monoisotopic (exact) mass is 476 g/mol. The van der Waals surface area contributed by atoms with Gasteiger partial charge in [0, 0.05) is 35.2 Å². The molecular weight excluding hydrogens is 452 g/mol. The van der Waals surface area contributed by atoms with Gasteiger partial charge in [-0.15, -0.1) is 11.8 Å². The summed E-state index contributed by atoms with van der Waals surface area (Å²) in [6.07, 6.45) is 0.198. The van der Waals surface area contributed by atoms with Crippen molar-refractivity contribution < 1.29 is 24.6 Å². The van der Waals surface area contributed by atoms with Gasteiger partial charge in [0.2, 0.25) is 5.95 Å². The highest BCUT2D eigenvalue weighted by molar-refractivity contribution is 7.99. The first-order chi connectivity index (χ1) is 15.7. The maximum Gasteiger partial charge on any atom is 0.326 e. The van der Waals surface area contributed by atoms with Crippen LogP contribution in [0.1, 0.15) is 29.6 Å². The van der Waals surface area contributed by atoms with Crippen molar-refractivity contribution in [2.75, 3.05) is 28.7 Å². The highest BCUT2D eigenvalue weighted by atomic mass is 32.2. The zero-order valence-electron chi connectivity index (χ0n) is 17.5. The van der Waals surface area contributed by atoms with Gasteiger partial charge in [-0.2, -0.15) is 4.98 Å². The zero-order chi connectivity index (χ0) is 24.0. The molecule has 0 saturated carbocycles. The molecule has 1 aliphatic heterocycles. The van der Waals surface area contributed by atoms with E-state index < -0.39 is 23.9 Å². The topological polar surface area (TPSA) is 200 Å². The molecule has 2 heterocycles. The molecule has 12 nitrogen and oxygen atoms in total. The fourth-order valence-electron chi connectivity index (χ4n) is 3.19. The van der Waals surface area contributed by atoms with Crippen molar-refractivity contribution >= 4 is 47.1 Å². The number of anilines is 3. The predicted molar refractivity (Wildman–Crippen MR) is 123 cm³/mol. The number of aromatic amines is 1. The standard InChI is InChI=1S/C20H24N6O6S/c21-20-25-16-15(18(30)26-20)23-11(9-22-16)7-8-33-12-3-1-10(2-4-12)17(29)24-13(19(31)32)5-6-14(27)28/h1-4,11,13,23H,5-9H2,(H,24,29)(H,27,28)(H,31,32)(H4,21,22,25,26,30)/t11?,13-/m0/s1. The number of thioether (sulfide) groups is 1. The zero-order valence-corrected chi connectivity index (χ0v) is 18.3. The molecule has 1 aliphatic rings. The van der Waals surface area contributed by atoms with Crippen LogP contribution in [0, 0.1) is 0 Å². The number of aliphatic carboxylic acids is 2. The summed E-state index contributed by atoms with van der Waals surface area (Å²) in [5, 5.41) is 26.5. The van der Waals surface area contributed by atoms with E-state index in [1.165, 1.54) is 0 Å². The third kappa shape index (κ3) is 6.62. The van der Waals surface area contributed by atoms with Crippen LogP contribution in [0.3, 0.4) is 0 Å². The number of aromatic nitrogens is 2. The lowest BCUT2D eigenvalue weighted by atomic mass is 10.1. The van der Waals surface area contributed by atoms with Crippen LogP contribution in [-0.4, -0.2) is 62.4 Å². The number of carbonyl (C=O) groups is 3. The minimum absolute atomic E-state index is 0.0281. The average molecular weight is 477 g/mol. The van der Waals surface area contributed by atoms with Gasteiger partial charge in [0.15, 0.2) is 5.82 Å². The van der Waals surface area contributed by atoms with Crippen LogP contribution in [0.2, 0.25) is 0 Å². The summed E-state index contributed by atoms with van der Waals surface area (Å²) in [7, 11) is 0. The van der Waals surface area contributed by atoms with Crippen LogP contribution in [0.15, 0.2) is 34.0 Å². The molecule has 0 radical (unpaired) electrons. The molecule has 0 fully saturated rings. The molecule has 2 atom stereocenters. The Labute approximate surface area is 192 Å². The van der Waals surface area contributed by atoms with Crippen LogP contribution < -0.4 is 27.2 Å². The van der Waals surface area contributed by atoms with E-state index in [9.17, 15) is 19.2 Å². The second-order valence-corrected chi connectivity index (χ2v) is 8.52. The van der Waals surface area contributed by atoms with E-state index in [4.69, 9.17) is 15.9 Å². The van der Waals surface area contributed by atoms with Crippen LogP contribution in [-0.2, 0) is 9.59 Å². The largest absolute Gasteiger partial charge is 0.481 e. The van der Waals surface area contributed by atoms with E-state index in [0.29, 0.717) is 18.1 Å². The van der Waals surface area contributed by atoms with Gasteiger partial charge in [-0.1, -0.05) is 0 Å². The number of carboxylic acids is 2. The number of nitrogen functional groups attached to an aromatic ring is 1. The van der Waals surface area contributed by atoms with Gasteiger partial charge in [-0.05, 0) is 37.1 Å². The number of benzene rings is 1. The van der Waals surface area contributed by atoms with Gasteiger partial charge >= 0.3 is 11.9 Å². The third-order valence-electron chi connectivity index (χ3n) is 4.90. The van der Waals surface area contributed by atoms with Crippen LogP contribution in [0.5, 0.6) is 0 Å². The highest BCUT2D eigenvalue weighted by Crippen LogP contribution is 2.24. The number of hydrogen-bond acceptors (Lipinski definition) is 9. The van der Waals surface area contributed by atoms with Crippen molar-refractivity contribution in [2.45, 2.75) is 36.2 Å². The van der Waals surface area contributed by atoms with E-state index in [-0.39, 0.29) is 36.0 Å². The first-order valence-electron chi connectivity index (χ1n) is 10.1. The maximum atomic E-state index is 12.3. The Morgan fingerprint density at radius 3 is 2.64 bits per heavy atom. The lowest BCUT2D eigenvalue weighted by Gasteiger charge is -2.26. The van der Waals surface area contributed by atoms with E-state index in [1.807, 2.05) is 0 Å². The molecule has 176 valence electrons. The Kier molecular flexibility index (Phi) is 7.77. The van der Waals surface area contributed by atoms with Gasteiger partial charge in [0.1, 0.15) is 11.7 Å². The summed E-state index contributed by atoms with van der Waals surface area (Å²) in [5.41, 5.74) is 5.86. The Morgan fingerprint density at radius 1 is 1.24 bits per heavy atom. The summed E-state index contributed by atoms with van der Waals surface area (Å²) in [6, 6.07) is 5.43. The SMILES string of the molecule is Nc1nc2c(c(=O)[nH]1)NC(CCSc1ccc(C(=O)N[C@@H](CCC(=O)O)C(=O)O)cc1)CN2. The third-order valence-corrected chi connectivity index (χ3v) is 5.95. The van der Waals surface area contributed by atoms with Gasteiger partial charge in [0.25, 0.3) is 11.5 Å². The normalized spacial score (nSPS) is 15.5. The lowest BCUT2D eigenvalue weighted by Crippen LogP contribution is -2.41. The molecule has 1 unspecified atom stereocenters. The fraction of sp³-hybridized carbons (Fsp3) is 0.350. The second kappa shape index (κ2) is 10.7. The number of H-pyrrole nitrogens is 1. The van der Waals surface area contributed by atoms with Crippen molar-refractivity contribution in [2.24, 2.45) is 0 Å². The lowest BCUT2D eigenvalue weighted by molar-refractivity contribution is -0.140. The van der Waals surface area contributed by atoms with Crippen molar-refractivity contribution in [1.82, 2.24) is 15.3 Å². The molecular formula is C20H24N6O6S. The number of nitrogens with zero attached hydrogens (tertiary/aromatic N) is 1. The first-order valence-corrected chi connectivity index (χ1v) is 11.1. The number of fused-ring (bicyclic) bond motifs is 1. The molecule has 0 aliphatic carbocycles. The molecule has 3 rings (SSSR count). The van der Waals surface area contributed by atoms with E-state index in [1.54, 1.807) is 36.0 Å². The smallest absolute Gasteiger partial charge is 0.326 e. The molecule has 13 heteroatoms. The number of rotatable bonds is 10. The molecule has 0 saturated heterocycles. The second-order valence-electron chi connectivity index (χ2n) is 7.36. The van der Waals surface area contributed by atoms with E-state index in [2.05, 4.69) is 25.9 Å². The number of nitrogens with two attached hydrogens (primary N) is 1. The summed E-state index contributed by atoms with van der Waals surface area (Å²) in [4.78, 5) is 53.6. The maximum absolute atomic E-state index is 12.3. The molecule has 2 aromatic rings. The van der Waals surface area contributed by atoms with Crippen molar-refractivity contribution in [3.63, 3.8) is 0 Å². The summed E-state index contributed by atoms with van der Waals surface area (Å²) < 4.78 is 0. The predicted octanol–water partition coefficient (Wildman–Crippen LogP) is 0.788. The number of hydrogen-bond donors (Lipinski definition) is 7. The number of carbonyl (C=O) groups excluding carboxylic acids is 1. The molecule has 33 heavy (non-hydrogen) atoms. The van der Waals surface area contributed by atoms with Gasteiger partial charge in [-0.25, -0.2) is 4.79 Å². The van der Waals surface area contributed by atoms with Gasteiger partial charge in [0.05, 0.1) is 0 Å². The molecule has 1 aromatic heterocycles. The molecule has 1 amide bonds. The first kappa shape index (κ1) is 23.9. The van der Waals surface area contributed by atoms with Crippen LogP contribution >= 0.6 is 11.8 Å². The highest BCUT2D eigenvalue weighted by Gasteiger charge is 2.22. The summed E-state index contributed by atoms with van der Waals surface area (Å²) in [5.74, 6) is -1.77. The number of carboxylic acid groups (broad SMARTS) is 2. The molecule has 1 aromatic carbocycles. The summed E-state index contributed by atoms with van der Waals surface area (Å²) in [6.45, 7) is 0.592. The molecule has 8 N–H and O–H groups in total. The number of amides is 1. The van der Waals surface area contributed by atoms with Crippen molar-refractivity contribution in [3.8, 4) is 0 Å².